The molecular weight excluding hydrogens is 448 g/mol. The van der Waals surface area contributed by atoms with Gasteiger partial charge in [-0.15, -0.1) is 0 Å². The van der Waals surface area contributed by atoms with Crippen molar-refractivity contribution in [3.63, 3.8) is 0 Å². The molecule has 0 aliphatic heterocycles. The van der Waals surface area contributed by atoms with Crippen LogP contribution in [0.15, 0.2) is 0 Å². The van der Waals surface area contributed by atoms with Crippen molar-refractivity contribution in [1.29, 1.82) is 0 Å². The average Bonchev–Trinajstić information content (AvgIpc) is 2.72. The minimum absolute atomic E-state index is 0.0695. The molecule has 1 N–H and O–H groups in total. The molecule has 36 heavy (non-hydrogen) atoms. The van der Waals surface area contributed by atoms with Crippen LogP contribution in [0.2, 0.25) is 0 Å². The molecule has 3 fully saturated rings. The first-order valence-electron chi connectivity index (χ1n) is 14.5. The number of carbonyl (C=O) groups is 3. The maximum atomic E-state index is 12.9. The zero-order chi connectivity index (χ0) is 27.5. The summed E-state index contributed by atoms with van der Waals surface area (Å²) in [6.07, 6.45) is 8.17. The second-order valence-corrected chi connectivity index (χ2v) is 15.7. The molecule has 3 saturated carbocycles. The van der Waals surface area contributed by atoms with E-state index in [1.165, 1.54) is 0 Å². The van der Waals surface area contributed by atoms with Crippen molar-refractivity contribution in [2.24, 2.45) is 50.2 Å². The van der Waals surface area contributed by atoms with Crippen molar-refractivity contribution >= 4 is 17.5 Å². The molecule has 0 amide bonds. The maximum absolute atomic E-state index is 12.9. The van der Waals surface area contributed by atoms with Crippen molar-refractivity contribution in [3.8, 4) is 0 Å². The molecule has 0 bridgehead atoms. The van der Waals surface area contributed by atoms with E-state index in [9.17, 15) is 19.5 Å². The summed E-state index contributed by atoms with van der Waals surface area (Å²) < 4.78 is 0. The van der Waals surface area contributed by atoms with Crippen molar-refractivity contribution in [2.75, 3.05) is 0 Å². The number of hydrogen-bond acceptors (Lipinski definition) is 3. The summed E-state index contributed by atoms with van der Waals surface area (Å²) in [4.78, 5) is 38.3. The Balaban J connectivity index is 1.95. The van der Waals surface area contributed by atoms with Gasteiger partial charge in [0.15, 0.2) is 0 Å². The Kier molecular flexibility index (Phi) is 7.53. The smallest absolute Gasteiger partial charge is 0.309 e. The average molecular weight is 503 g/mol. The van der Waals surface area contributed by atoms with Crippen LogP contribution in [0.1, 0.15) is 133 Å². The van der Waals surface area contributed by atoms with Crippen molar-refractivity contribution in [2.45, 2.75) is 133 Å². The van der Waals surface area contributed by atoms with Crippen LogP contribution in [0.25, 0.3) is 0 Å². The third-order valence-corrected chi connectivity index (χ3v) is 12.5. The van der Waals surface area contributed by atoms with Gasteiger partial charge >= 0.3 is 5.97 Å². The summed E-state index contributed by atoms with van der Waals surface area (Å²) in [6.45, 7) is 22.0. The van der Waals surface area contributed by atoms with Gasteiger partial charge in [-0.3, -0.25) is 9.59 Å². The molecule has 3 aliphatic carbocycles. The molecule has 1 unspecified atom stereocenters. The van der Waals surface area contributed by atoms with Crippen LogP contribution in [0, 0.1) is 50.2 Å². The van der Waals surface area contributed by atoms with Crippen LogP contribution in [-0.2, 0) is 14.4 Å². The van der Waals surface area contributed by atoms with E-state index in [2.05, 4.69) is 62.3 Å². The van der Waals surface area contributed by atoms with E-state index in [-0.39, 0.29) is 50.6 Å². The molecule has 0 saturated heterocycles. The lowest BCUT2D eigenvalue weighted by atomic mass is 9.38. The molecule has 4 nitrogen and oxygen atoms in total. The van der Waals surface area contributed by atoms with E-state index in [1.54, 1.807) is 6.92 Å². The first-order valence-corrected chi connectivity index (χ1v) is 14.5. The molecule has 3 rings (SSSR count). The SMILES string of the molecule is CC(=O)C[C@@H]1[C@@]2(C)CCC(=O)C(C)(C)[C@@H]2CC[C@@]1(C)C(C)(C)CC[C@@]1(C(=O)O)CCC(C)(C)CC1C. The van der Waals surface area contributed by atoms with E-state index >= 15 is 0 Å². The monoisotopic (exact) mass is 502 g/mol. The number of Topliss-reactive ketones (excluding diaryl/α,β-unsaturated/α-hetero) is 2. The van der Waals surface area contributed by atoms with Gasteiger partial charge in [0.2, 0.25) is 0 Å². The summed E-state index contributed by atoms with van der Waals surface area (Å²) in [5, 5.41) is 10.5. The predicted molar refractivity (Wildman–Crippen MR) is 146 cm³/mol. The molecule has 0 aromatic heterocycles. The van der Waals surface area contributed by atoms with Crippen LogP contribution >= 0.6 is 0 Å². The van der Waals surface area contributed by atoms with E-state index in [4.69, 9.17) is 0 Å². The molecule has 3 aliphatic rings. The van der Waals surface area contributed by atoms with Gasteiger partial charge in [-0.1, -0.05) is 62.3 Å². The molecule has 206 valence electrons. The summed E-state index contributed by atoms with van der Waals surface area (Å²) >= 11 is 0. The number of carbonyl (C=O) groups excluding carboxylic acids is 2. The third kappa shape index (κ3) is 4.62. The lowest BCUT2D eigenvalue weighted by Crippen LogP contribution is -2.60. The van der Waals surface area contributed by atoms with Gasteiger partial charge in [-0.05, 0) is 97.7 Å². The Morgan fingerprint density at radius 1 is 1.00 bits per heavy atom. The van der Waals surface area contributed by atoms with Crippen LogP contribution in [0.3, 0.4) is 0 Å². The van der Waals surface area contributed by atoms with Crippen LogP contribution in [-0.4, -0.2) is 22.6 Å². The zero-order valence-electron chi connectivity index (χ0n) is 25.0. The third-order valence-electron chi connectivity index (χ3n) is 12.5. The Hall–Kier alpha value is -1.19. The minimum atomic E-state index is -0.667. The number of aliphatic carboxylic acids is 1. The maximum Gasteiger partial charge on any atom is 0.309 e. The highest BCUT2D eigenvalue weighted by molar-refractivity contribution is 5.85. The number of fused-ring (bicyclic) bond motifs is 1. The van der Waals surface area contributed by atoms with E-state index in [1.807, 2.05) is 0 Å². The Labute approximate surface area is 220 Å². The Morgan fingerprint density at radius 3 is 2.14 bits per heavy atom. The first-order chi connectivity index (χ1) is 16.3. The van der Waals surface area contributed by atoms with Crippen LogP contribution < -0.4 is 0 Å². The lowest BCUT2D eigenvalue weighted by Gasteiger charge is -2.65. The van der Waals surface area contributed by atoms with Crippen LogP contribution in [0.4, 0.5) is 0 Å². The lowest BCUT2D eigenvalue weighted by molar-refractivity contribution is -0.181. The first kappa shape index (κ1) is 29.4. The number of carboxylic acid groups (broad SMARTS) is 1. The zero-order valence-corrected chi connectivity index (χ0v) is 25.0. The largest absolute Gasteiger partial charge is 0.481 e. The molecule has 0 aromatic rings. The summed E-state index contributed by atoms with van der Waals surface area (Å²) in [5.41, 5.74) is -1.12. The Bertz CT molecular complexity index is 898. The van der Waals surface area contributed by atoms with Crippen molar-refractivity contribution in [1.82, 2.24) is 0 Å². The fourth-order valence-electron chi connectivity index (χ4n) is 9.46. The molecule has 0 heterocycles. The van der Waals surface area contributed by atoms with Gasteiger partial charge in [0.25, 0.3) is 0 Å². The summed E-state index contributed by atoms with van der Waals surface area (Å²) in [6, 6.07) is 0. The fraction of sp³-hybridized carbons (Fsp3) is 0.906. The molecule has 6 atom stereocenters. The molecule has 4 heteroatoms. The van der Waals surface area contributed by atoms with Gasteiger partial charge in [-0.2, -0.15) is 0 Å². The van der Waals surface area contributed by atoms with Crippen LogP contribution in [0.5, 0.6) is 0 Å². The van der Waals surface area contributed by atoms with Crippen molar-refractivity contribution in [3.05, 3.63) is 0 Å². The number of ketones is 2. The highest BCUT2D eigenvalue weighted by Gasteiger charge is 2.63. The fourth-order valence-corrected chi connectivity index (χ4v) is 9.46. The standard InChI is InChI=1S/C32H54O4/c1-21-20-27(3,4)15-17-32(21,26(35)36)18-16-28(5,6)31(10)14-11-23-29(7,8)25(34)12-13-30(23,9)24(31)19-22(2)33/h21,23-24H,11-20H2,1-10H3,(H,35,36)/t21?,23-,24+,30-,31+,32-/m0/s1. The summed E-state index contributed by atoms with van der Waals surface area (Å²) in [5.74, 6) is 0.581. The highest BCUT2D eigenvalue weighted by atomic mass is 16.4. The summed E-state index contributed by atoms with van der Waals surface area (Å²) in [7, 11) is 0. The second-order valence-electron chi connectivity index (χ2n) is 15.7. The van der Waals surface area contributed by atoms with E-state index < -0.39 is 11.4 Å². The molecular formula is C32H54O4. The van der Waals surface area contributed by atoms with Gasteiger partial charge in [-0.25, -0.2) is 0 Å². The Morgan fingerprint density at radius 2 is 1.61 bits per heavy atom. The quantitative estimate of drug-likeness (QED) is 0.381. The van der Waals surface area contributed by atoms with E-state index in [0.717, 1.165) is 44.9 Å². The number of rotatable bonds is 7. The topological polar surface area (TPSA) is 71.4 Å². The minimum Gasteiger partial charge on any atom is -0.481 e. The molecule has 0 radical (unpaired) electrons. The van der Waals surface area contributed by atoms with Gasteiger partial charge in [0.1, 0.15) is 11.6 Å². The number of hydrogen-bond donors (Lipinski definition) is 1. The second kappa shape index (κ2) is 9.23. The van der Waals surface area contributed by atoms with Gasteiger partial charge in [0.05, 0.1) is 5.41 Å². The molecule has 0 aromatic carbocycles. The normalized spacial score (nSPS) is 40.4. The van der Waals surface area contributed by atoms with Gasteiger partial charge in [0, 0.05) is 18.3 Å². The molecule has 0 spiro atoms. The van der Waals surface area contributed by atoms with Gasteiger partial charge < -0.3 is 9.90 Å². The number of carboxylic acids is 1. The van der Waals surface area contributed by atoms with Crippen molar-refractivity contribution < 1.29 is 19.5 Å². The predicted octanol–water partition coefficient (Wildman–Crippen LogP) is 8.12. The highest BCUT2D eigenvalue weighted by Crippen LogP contribution is 2.69. The van der Waals surface area contributed by atoms with E-state index in [0.29, 0.717) is 25.0 Å².